The molecule has 0 radical (unpaired) electrons. The fourth-order valence-electron chi connectivity index (χ4n) is 3.50. The molecule has 7 heteroatoms. The van der Waals surface area contributed by atoms with Crippen LogP contribution in [-0.2, 0) is 27.2 Å². The van der Waals surface area contributed by atoms with Crippen LogP contribution in [0.4, 0.5) is 0 Å². The average Bonchev–Trinajstić information content (AvgIpc) is 2.88. The minimum Gasteiger partial charge on any atom is -0.497 e. The van der Waals surface area contributed by atoms with E-state index in [1.54, 1.807) is 43.5 Å². The Labute approximate surface area is 199 Å². The number of amides is 2. The van der Waals surface area contributed by atoms with Gasteiger partial charge < -0.3 is 20.1 Å². The van der Waals surface area contributed by atoms with Gasteiger partial charge in [-0.05, 0) is 35.4 Å². The van der Waals surface area contributed by atoms with Crippen molar-refractivity contribution in [2.45, 2.75) is 24.9 Å². The molecule has 3 rings (SSSR count). The minimum absolute atomic E-state index is 0.229. The fourth-order valence-corrected chi connectivity index (χ4v) is 3.50. The lowest BCUT2D eigenvalue weighted by Crippen LogP contribution is -2.53. The number of nitrogens with one attached hydrogen (secondary N) is 2. The van der Waals surface area contributed by atoms with Crippen molar-refractivity contribution < 1.29 is 23.9 Å². The molecular formula is C27H28N2O5. The summed E-state index contributed by atoms with van der Waals surface area (Å²) in [6, 6.07) is 23.4. The molecule has 0 aliphatic rings. The van der Waals surface area contributed by atoms with E-state index in [0.29, 0.717) is 11.3 Å². The van der Waals surface area contributed by atoms with Gasteiger partial charge in [0.15, 0.2) is 0 Å². The highest BCUT2D eigenvalue weighted by Gasteiger charge is 2.28. The number of hydrogen-bond acceptors (Lipinski definition) is 5. The van der Waals surface area contributed by atoms with E-state index in [0.717, 1.165) is 11.1 Å². The van der Waals surface area contributed by atoms with E-state index in [4.69, 9.17) is 9.47 Å². The van der Waals surface area contributed by atoms with Gasteiger partial charge in [0.25, 0.3) is 5.91 Å². The highest BCUT2D eigenvalue weighted by molar-refractivity contribution is 5.98. The Bertz CT molecular complexity index is 1090. The third-order valence-electron chi connectivity index (χ3n) is 5.34. The average molecular weight is 461 g/mol. The van der Waals surface area contributed by atoms with E-state index in [1.165, 1.54) is 7.11 Å². The first-order chi connectivity index (χ1) is 16.5. The topological polar surface area (TPSA) is 93.7 Å². The predicted molar refractivity (Wildman–Crippen MR) is 128 cm³/mol. The molecule has 3 aromatic rings. The molecule has 0 aliphatic heterocycles. The summed E-state index contributed by atoms with van der Waals surface area (Å²) in [7, 11) is 2.84. The van der Waals surface area contributed by atoms with Crippen molar-refractivity contribution in [3.05, 3.63) is 102 Å². The van der Waals surface area contributed by atoms with Crippen LogP contribution in [0.1, 0.15) is 21.5 Å². The van der Waals surface area contributed by atoms with Crippen molar-refractivity contribution in [3.63, 3.8) is 0 Å². The van der Waals surface area contributed by atoms with Gasteiger partial charge in [0.2, 0.25) is 5.91 Å². The lowest BCUT2D eigenvalue weighted by atomic mass is 10.0. The first-order valence-corrected chi connectivity index (χ1v) is 10.9. The van der Waals surface area contributed by atoms with Crippen LogP contribution < -0.4 is 15.4 Å². The molecule has 176 valence electrons. The number of benzene rings is 3. The third-order valence-corrected chi connectivity index (χ3v) is 5.34. The van der Waals surface area contributed by atoms with E-state index < -0.39 is 24.0 Å². The molecule has 0 bridgehead atoms. The number of ether oxygens (including phenoxy) is 2. The van der Waals surface area contributed by atoms with Crippen LogP contribution in [-0.4, -0.2) is 44.1 Å². The van der Waals surface area contributed by atoms with Crippen LogP contribution in [0.2, 0.25) is 0 Å². The third kappa shape index (κ3) is 6.93. The van der Waals surface area contributed by atoms with Gasteiger partial charge in [0.05, 0.1) is 14.2 Å². The molecule has 0 saturated carbocycles. The van der Waals surface area contributed by atoms with Crippen molar-refractivity contribution in [1.82, 2.24) is 10.6 Å². The Balaban J connectivity index is 1.78. The van der Waals surface area contributed by atoms with Gasteiger partial charge in [-0.15, -0.1) is 0 Å². The van der Waals surface area contributed by atoms with Crippen LogP contribution in [0, 0.1) is 0 Å². The molecule has 0 saturated heterocycles. The highest BCUT2D eigenvalue weighted by Crippen LogP contribution is 2.14. The van der Waals surface area contributed by atoms with E-state index in [-0.39, 0.29) is 18.7 Å². The summed E-state index contributed by atoms with van der Waals surface area (Å²) in [6.45, 7) is 0. The standard InChI is InChI=1S/C27H28N2O5/c1-33-22-15-13-20(14-16-22)18-24(27(32)34-2)29-26(31)23(17-19-9-5-3-6-10-19)28-25(30)21-11-7-4-8-12-21/h3-16,23-24H,17-18H2,1-2H3,(H,28,30)(H,29,31)/t23-,24-/m0/s1. The Hall–Kier alpha value is -4.13. The predicted octanol–water partition coefficient (Wildman–Crippen LogP) is 2.94. The van der Waals surface area contributed by atoms with Crippen LogP contribution in [0.5, 0.6) is 5.75 Å². The summed E-state index contributed by atoms with van der Waals surface area (Å²) in [5.41, 5.74) is 2.14. The Morgan fingerprint density at radius 3 is 1.85 bits per heavy atom. The molecule has 0 heterocycles. The van der Waals surface area contributed by atoms with Gasteiger partial charge in [-0.25, -0.2) is 4.79 Å². The van der Waals surface area contributed by atoms with Crippen LogP contribution in [0.3, 0.4) is 0 Å². The lowest BCUT2D eigenvalue weighted by Gasteiger charge is -2.23. The van der Waals surface area contributed by atoms with Crippen molar-refractivity contribution in [2.24, 2.45) is 0 Å². The van der Waals surface area contributed by atoms with Crippen molar-refractivity contribution in [3.8, 4) is 5.75 Å². The molecular weight excluding hydrogens is 432 g/mol. The minimum atomic E-state index is -0.919. The summed E-state index contributed by atoms with van der Waals surface area (Å²) >= 11 is 0. The Morgan fingerprint density at radius 1 is 0.706 bits per heavy atom. The number of carbonyl (C=O) groups excluding carboxylic acids is 3. The zero-order valence-corrected chi connectivity index (χ0v) is 19.2. The number of carbonyl (C=O) groups is 3. The zero-order valence-electron chi connectivity index (χ0n) is 19.2. The van der Waals surface area contributed by atoms with Gasteiger partial charge in [0, 0.05) is 18.4 Å². The molecule has 0 spiro atoms. The summed E-state index contributed by atoms with van der Waals surface area (Å²) in [6.07, 6.45) is 0.495. The Morgan fingerprint density at radius 2 is 1.26 bits per heavy atom. The molecule has 0 aliphatic carbocycles. The summed E-state index contributed by atoms with van der Waals surface area (Å²) in [5.74, 6) is -0.732. The second-order valence-corrected chi connectivity index (χ2v) is 7.72. The number of esters is 1. The quantitative estimate of drug-likeness (QED) is 0.454. The lowest BCUT2D eigenvalue weighted by molar-refractivity contribution is -0.145. The largest absolute Gasteiger partial charge is 0.497 e. The molecule has 2 N–H and O–H groups in total. The summed E-state index contributed by atoms with van der Waals surface area (Å²) in [5, 5.41) is 5.57. The second-order valence-electron chi connectivity index (χ2n) is 7.72. The maximum absolute atomic E-state index is 13.3. The molecule has 0 unspecified atom stereocenters. The van der Waals surface area contributed by atoms with Crippen LogP contribution in [0.15, 0.2) is 84.9 Å². The first-order valence-electron chi connectivity index (χ1n) is 10.9. The van der Waals surface area contributed by atoms with E-state index in [9.17, 15) is 14.4 Å². The normalized spacial score (nSPS) is 12.2. The maximum Gasteiger partial charge on any atom is 0.328 e. The molecule has 0 fully saturated rings. The highest BCUT2D eigenvalue weighted by atomic mass is 16.5. The monoisotopic (exact) mass is 460 g/mol. The number of rotatable bonds is 10. The van der Waals surface area contributed by atoms with Crippen molar-refractivity contribution in [2.75, 3.05) is 14.2 Å². The van der Waals surface area contributed by atoms with Crippen LogP contribution >= 0.6 is 0 Å². The van der Waals surface area contributed by atoms with Gasteiger partial charge in [0.1, 0.15) is 17.8 Å². The van der Waals surface area contributed by atoms with E-state index in [2.05, 4.69) is 10.6 Å². The first kappa shape index (κ1) is 24.5. The van der Waals surface area contributed by atoms with E-state index >= 15 is 0 Å². The molecule has 7 nitrogen and oxygen atoms in total. The zero-order chi connectivity index (χ0) is 24.3. The molecule has 2 atom stereocenters. The molecule has 3 aromatic carbocycles. The SMILES string of the molecule is COC(=O)[C@H](Cc1ccc(OC)cc1)NC(=O)[C@H](Cc1ccccc1)NC(=O)c1ccccc1. The van der Waals surface area contributed by atoms with Gasteiger partial charge in [-0.2, -0.15) is 0 Å². The van der Waals surface area contributed by atoms with Gasteiger partial charge in [-0.1, -0.05) is 60.7 Å². The summed E-state index contributed by atoms with van der Waals surface area (Å²) < 4.78 is 10.1. The van der Waals surface area contributed by atoms with Crippen molar-refractivity contribution in [1.29, 1.82) is 0 Å². The molecule has 34 heavy (non-hydrogen) atoms. The number of hydrogen-bond donors (Lipinski definition) is 2. The van der Waals surface area contributed by atoms with Gasteiger partial charge in [-0.3, -0.25) is 9.59 Å². The maximum atomic E-state index is 13.3. The molecule has 0 aromatic heterocycles. The fraction of sp³-hybridized carbons (Fsp3) is 0.222. The number of methoxy groups -OCH3 is 2. The molecule has 2 amide bonds. The van der Waals surface area contributed by atoms with E-state index in [1.807, 2.05) is 48.5 Å². The smallest absolute Gasteiger partial charge is 0.328 e. The van der Waals surface area contributed by atoms with Crippen LogP contribution in [0.25, 0.3) is 0 Å². The van der Waals surface area contributed by atoms with Crippen molar-refractivity contribution >= 4 is 17.8 Å². The Kier molecular flexibility index (Phi) is 8.80. The van der Waals surface area contributed by atoms with Gasteiger partial charge >= 0.3 is 5.97 Å². The summed E-state index contributed by atoms with van der Waals surface area (Å²) in [4.78, 5) is 38.5. The second kappa shape index (κ2) is 12.2.